The molecule has 0 aliphatic heterocycles. The van der Waals surface area contributed by atoms with Crippen LogP contribution in [0.2, 0.25) is 0 Å². The van der Waals surface area contributed by atoms with Gasteiger partial charge in [-0.05, 0) is 30.9 Å². The van der Waals surface area contributed by atoms with E-state index in [0.29, 0.717) is 18.5 Å². The maximum atomic E-state index is 13.3. The molecule has 5 heteroatoms. The molecule has 1 fully saturated rings. The number of halogens is 1. The van der Waals surface area contributed by atoms with Gasteiger partial charge in [-0.25, -0.2) is 4.39 Å². The van der Waals surface area contributed by atoms with Gasteiger partial charge in [0.15, 0.2) is 0 Å². The first-order valence-electron chi connectivity index (χ1n) is 6.44. The number of hydrogen-bond acceptors (Lipinski definition) is 2. The third kappa shape index (κ3) is 4.69. The van der Waals surface area contributed by atoms with Gasteiger partial charge >= 0.3 is 0 Å². The molecule has 1 aromatic rings. The van der Waals surface area contributed by atoms with Crippen LogP contribution in [0.4, 0.5) is 4.39 Å². The molecule has 0 heterocycles. The van der Waals surface area contributed by atoms with Crippen LogP contribution in [0.25, 0.3) is 0 Å². The second kappa shape index (κ2) is 6.31. The normalized spacial score (nSPS) is 13.9. The quantitative estimate of drug-likeness (QED) is 0.757. The second-order valence-corrected chi connectivity index (χ2v) is 4.71. The largest absolute Gasteiger partial charge is 0.355 e. The third-order valence-electron chi connectivity index (χ3n) is 2.94. The Labute approximate surface area is 111 Å². The maximum Gasteiger partial charge on any atom is 0.229 e. The van der Waals surface area contributed by atoms with Crippen LogP contribution in [0, 0.1) is 5.82 Å². The summed E-state index contributed by atoms with van der Waals surface area (Å²) in [5, 5.41) is 5.36. The Morgan fingerprint density at radius 2 is 1.95 bits per heavy atom. The van der Waals surface area contributed by atoms with Crippen LogP contribution in [0.5, 0.6) is 0 Å². The highest BCUT2D eigenvalue weighted by molar-refractivity contribution is 5.97. The van der Waals surface area contributed by atoms with Gasteiger partial charge in [0.2, 0.25) is 11.8 Å². The molecule has 1 aliphatic rings. The molecule has 1 saturated carbocycles. The number of carbonyl (C=O) groups excluding carboxylic acids is 2. The standard InChI is InChI=1S/C14H17FN2O2/c15-12-4-2-1-3-10(12)7-8-16-13(18)9-14(19)17-11-5-6-11/h1-4,11H,5-9H2,(H,16,18)(H,17,19). The summed E-state index contributed by atoms with van der Waals surface area (Å²) in [4.78, 5) is 22.8. The fourth-order valence-electron chi connectivity index (χ4n) is 1.75. The Bertz CT molecular complexity index is 472. The van der Waals surface area contributed by atoms with Crippen molar-refractivity contribution in [3.8, 4) is 0 Å². The number of nitrogens with one attached hydrogen (secondary N) is 2. The summed E-state index contributed by atoms with van der Waals surface area (Å²) in [7, 11) is 0. The van der Waals surface area contributed by atoms with Gasteiger partial charge in [0.05, 0.1) is 0 Å². The first-order chi connectivity index (χ1) is 9.15. The highest BCUT2D eigenvalue weighted by Crippen LogP contribution is 2.18. The summed E-state index contributed by atoms with van der Waals surface area (Å²) < 4.78 is 13.3. The van der Waals surface area contributed by atoms with Gasteiger partial charge in [-0.2, -0.15) is 0 Å². The Morgan fingerprint density at radius 1 is 1.21 bits per heavy atom. The first kappa shape index (κ1) is 13.5. The first-order valence-corrected chi connectivity index (χ1v) is 6.44. The Hall–Kier alpha value is -1.91. The molecule has 0 bridgehead atoms. The van der Waals surface area contributed by atoms with Gasteiger partial charge in [0.25, 0.3) is 0 Å². The lowest BCUT2D eigenvalue weighted by atomic mass is 10.1. The van der Waals surface area contributed by atoms with Crippen molar-refractivity contribution in [3.05, 3.63) is 35.6 Å². The molecule has 2 amide bonds. The van der Waals surface area contributed by atoms with Gasteiger partial charge < -0.3 is 10.6 Å². The zero-order valence-electron chi connectivity index (χ0n) is 10.6. The Balaban J connectivity index is 1.66. The predicted molar refractivity (Wildman–Crippen MR) is 68.9 cm³/mol. The predicted octanol–water partition coefficient (Wildman–Crippen LogP) is 1.15. The fourth-order valence-corrected chi connectivity index (χ4v) is 1.75. The van der Waals surface area contributed by atoms with Gasteiger partial charge in [0.1, 0.15) is 12.2 Å². The van der Waals surface area contributed by atoms with E-state index in [1.54, 1.807) is 18.2 Å². The van der Waals surface area contributed by atoms with E-state index in [1.807, 2.05) is 0 Å². The lowest BCUT2D eigenvalue weighted by molar-refractivity contribution is -0.129. The van der Waals surface area contributed by atoms with E-state index in [0.717, 1.165) is 12.8 Å². The highest BCUT2D eigenvalue weighted by Gasteiger charge is 2.23. The molecule has 19 heavy (non-hydrogen) atoms. The zero-order valence-corrected chi connectivity index (χ0v) is 10.6. The van der Waals surface area contributed by atoms with Gasteiger partial charge in [0, 0.05) is 12.6 Å². The minimum absolute atomic E-state index is 0.159. The van der Waals surface area contributed by atoms with Crippen LogP contribution in [-0.2, 0) is 16.0 Å². The number of hydrogen-bond donors (Lipinski definition) is 2. The molecule has 1 aromatic carbocycles. The molecular weight excluding hydrogens is 247 g/mol. The Morgan fingerprint density at radius 3 is 2.63 bits per heavy atom. The monoisotopic (exact) mass is 264 g/mol. The molecule has 2 rings (SSSR count). The van der Waals surface area contributed by atoms with E-state index in [-0.39, 0.29) is 30.1 Å². The second-order valence-electron chi connectivity index (χ2n) is 4.71. The maximum absolute atomic E-state index is 13.3. The van der Waals surface area contributed by atoms with E-state index >= 15 is 0 Å². The van der Waals surface area contributed by atoms with Crippen LogP contribution < -0.4 is 10.6 Å². The average molecular weight is 264 g/mol. The van der Waals surface area contributed by atoms with E-state index in [2.05, 4.69) is 10.6 Å². The van der Waals surface area contributed by atoms with Gasteiger partial charge in [-0.1, -0.05) is 18.2 Å². The number of amides is 2. The summed E-state index contributed by atoms with van der Waals surface area (Å²) in [6.07, 6.45) is 2.26. The molecule has 0 saturated heterocycles. The van der Waals surface area contributed by atoms with Crippen molar-refractivity contribution in [2.75, 3.05) is 6.54 Å². The topological polar surface area (TPSA) is 58.2 Å². The molecule has 102 valence electrons. The van der Waals surface area contributed by atoms with Crippen molar-refractivity contribution in [3.63, 3.8) is 0 Å². The van der Waals surface area contributed by atoms with E-state index in [9.17, 15) is 14.0 Å². The Kier molecular flexibility index (Phi) is 4.49. The van der Waals surface area contributed by atoms with E-state index < -0.39 is 0 Å². The molecule has 0 aromatic heterocycles. The molecule has 1 aliphatic carbocycles. The lowest BCUT2D eigenvalue weighted by Crippen LogP contribution is -2.33. The SMILES string of the molecule is O=C(CC(=O)NC1CC1)NCCc1ccccc1F. The zero-order chi connectivity index (χ0) is 13.7. The van der Waals surface area contributed by atoms with Crippen LogP contribution in [-0.4, -0.2) is 24.4 Å². The van der Waals surface area contributed by atoms with Gasteiger partial charge in [-0.15, -0.1) is 0 Å². The van der Waals surface area contributed by atoms with Crippen molar-refractivity contribution in [1.29, 1.82) is 0 Å². The average Bonchev–Trinajstić information content (AvgIpc) is 3.15. The van der Waals surface area contributed by atoms with Crippen molar-refractivity contribution in [2.45, 2.75) is 31.7 Å². The number of carbonyl (C=O) groups is 2. The summed E-state index contributed by atoms with van der Waals surface area (Å²) in [6.45, 7) is 0.330. The summed E-state index contributed by atoms with van der Waals surface area (Å²) in [5.41, 5.74) is 0.560. The minimum atomic E-state index is -0.325. The lowest BCUT2D eigenvalue weighted by Gasteiger charge is -2.06. The van der Waals surface area contributed by atoms with Crippen LogP contribution in [0.3, 0.4) is 0 Å². The van der Waals surface area contributed by atoms with Crippen molar-refractivity contribution in [1.82, 2.24) is 10.6 Å². The van der Waals surface area contributed by atoms with Crippen LogP contribution in [0.15, 0.2) is 24.3 Å². The molecule has 0 radical (unpaired) electrons. The van der Waals surface area contributed by atoms with Crippen molar-refractivity contribution >= 4 is 11.8 Å². The molecule has 4 nitrogen and oxygen atoms in total. The van der Waals surface area contributed by atoms with E-state index in [4.69, 9.17) is 0 Å². The number of rotatable bonds is 6. The van der Waals surface area contributed by atoms with Crippen LogP contribution in [0.1, 0.15) is 24.8 Å². The number of benzene rings is 1. The summed E-state index contributed by atoms with van der Waals surface area (Å²) in [5.74, 6) is -0.844. The molecule has 0 spiro atoms. The minimum Gasteiger partial charge on any atom is -0.355 e. The summed E-state index contributed by atoms with van der Waals surface area (Å²) in [6, 6.07) is 6.71. The molecular formula is C14H17FN2O2. The highest BCUT2D eigenvalue weighted by atomic mass is 19.1. The smallest absolute Gasteiger partial charge is 0.229 e. The molecule has 0 unspecified atom stereocenters. The van der Waals surface area contributed by atoms with Gasteiger partial charge in [-0.3, -0.25) is 9.59 Å². The van der Waals surface area contributed by atoms with Crippen molar-refractivity contribution < 1.29 is 14.0 Å². The fraction of sp³-hybridized carbons (Fsp3) is 0.429. The van der Waals surface area contributed by atoms with Crippen molar-refractivity contribution in [2.24, 2.45) is 0 Å². The van der Waals surface area contributed by atoms with E-state index in [1.165, 1.54) is 6.07 Å². The van der Waals surface area contributed by atoms with Crippen LogP contribution >= 0.6 is 0 Å². The molecule has 0 atom stereocenters. The third-order valence-corrected chi connectivity index (χ3v) is 2.94. The molecule has 2 N–H and O–H groups in total. The summed E-state index contributed by atoms with van der Waals surface area (Å²) >= 11 is 0.